The van der Waals surface area contributed by atoms with E-state index in [2.05, 4.69) is 4.90 Å². The predicted octanol–water partition coefficient (Wildman–Crippen LogP) is 6.03. The van der Waals surface area contributed by atoms with Crippen molar-refractivity contribution >= 4 is 35.1 Å². The van der Waals surface area contributed by atoms with Crippen molar-refractivity contribution in [2.75, 3.05) is 26.7 Å². The van der Waals surface area contributed by atoms with Gasteiger partial charge in [0.25, 0.3) is 5.91 Å². The maximum absolute atomic E-state index is 16.4. The highest BCUT2D eigenvalue weighted by molar-refractivity contribution is 6.30. The third-order valence-corrected chi connectivity index (χ3v) is 9.18. The molecular weight excluding hydrogens is 582 g/mol. The zero-order valence-corrected chi connectivity index (χ0v) is 25.0. The van der Waals surface area contributed by atoms with E-state index >= 15 is 4.39 Å². The lowest BCUT2D eigenvalue weighted by molar-refractivity contribution is -0.137. The van der Waals surface area contributed by atoms with E-state index in [0.717, 1.165) is 5.56 Å². The first-order chi connectivity index (χ1) is 20.0. The summed E-state index contributed by atoms with van der Waals surface area (Å²) >= 11 is 12.3. The lowest BCUT2D eigenvalue weighted by Crippen LogP contribution is -2.46. The van der Waals surface area contributed by atoms with Crippen molar-refractivity contribution in [3.63, 3.8) is 0 Å². The molecule has 0 aliphatic carbocycles. The highest BCUT2D eigenvalue weighted by Gasteiger charge is 2.54. The van der Waals surface area contributed by atoms with Crippen molar-refractivity contribution in [3.05, 3.63) is 104 Å². The number of methoxy groups -OCH3 is 1. The monoisotopic (exact) mass is 614 g/mol. The Labute approximate surface area is 254 Å². The van der Waals surface area contributed by atoms with Gasteiger partial charge in [-0.15, -0.1) is 0 Å². The van der Waals surface area contributed by atoms with E-state index in [4.69, 9.17) is 33.0 Å². The zero-order valence-electron chi connectivity index (χ0n) is 23.4. The number of hydrogen-bond donors (Lipinski definition) is 2. The van der Waals surface area contributed by atoms with Gasteiger partial charge in [0.1, 0.15) is 5.82 Å². The summed E-state index contributed by atoms with van der Waals surface area (Å²) in [6, 6.07) is 16.7. The first kappa shape index (κ1) is 30.4. The Bertz CT molecular complexity index is 1470. The maximum atomic E-state index is 16.4. The second-order valence-corrected chi connectivity index (χ2v) is 12.0. The van der Waals surface area contributed by atoms with Gasteiger partial charge in [0.05, 0.1) is 23.1 Å². The molecule has 0 saturated carbocycles. The van der Waals surface area contributed by atoms with Crippen LogP contribution in [0.15, 0.2) is 60.7 Å². The Hall–Kier alpha value is -3.01. The quantitative estimate of drug-likeness (QED) is 0.306. The summed E-state index contributed by atoms with van der Waals surface area (Å²) in [4.78, 5) is 28.7. The highest BCUT2D eigenvalue weighted by atomic mass is 35.5. The van der Waals surface area contributed by atoms with Crippen LogP contribution < -0.4 is 0 Å². The molecule has 2 N–H and O–H groups in total. The number of amides is 1. The number of rotatable bonds is 9. The number of carbonyl (C=O) groups is 2. The molecule has 0 bridgehead atoms. The lowest BCUT2D eigenvalue weighted by atomic mass is 9.76. The Morgan fingerprint density at radius 1 is 1.07 bits per heavy atom. The molecule has 0 unspecified atom stereocenters. The Kier molecular flexibility index (Phi) is 8.65. The molecule has 2 atom stereocenters. The van der Waals surface area contributed by atoms with Gasteiger partial charge in [0.15, 0.2) is 5.72 Å². The second-order valence-electron chi connectivity index (χ2n) is 11.2. The van der Waals surface area contributed by atoms with E-state index in [-0.39, 0.29) is 30.0 Å². The number of hydrogen-bond acceptors (Lipinski definition) is 5. The van der Waals surface area contributed by atoms with Crippen LogP contribution in [-0.4, -0.2) is 58.6 Å². The standard InChI is InChI=1S/C32H33Cl2FN2O5/c1-31(41,21-11-14-36(15-12-21)16-13-28(38)39)23-17-26-29(27(35)18-23)32(42-2,22-5-9-25(34)10-6-22)37(30(26)40)19-20-3-7-24(33)8-4-20/h3-10,17-18,21,41H,11-16,19H2,1-2H3,(H,38,39)/t31-,32+/m0/s1. The van der Waals surface area contributed by atoms with Crippen LogP contribution in [0.25, 0.3) is 0 Å². The minimum absolute atomic E-state index is 0.0561. The van der Waals surface area contributed by atoms with Gasteiger partial charge in [-0.1, -0.05) is 47.5 Å². The van der Waals surface area contributed by atoms with Gasteiger partial charge >= 0.3 is 5.97 Å². The summed E-state index contributed by atoms with van der Waals surface area (Å²) < 4.78 is 22.5. The van der Waals surface area contributed by atoms with Crippen molar-refractivity contribution in [1.82, 2.24) is 9.80 Å². The zero-order chi connectivity index (χ0) is 30.2. The number of halogens is 3. The average molecular weight is 616 g/mol. The molecule has 42 heavy (non-hydrogen) atoms. The molecule has 0 radical (unpaired) electrons. The lowest BCUT2D eigenvalue weighted by Gasteiger charge is -2.40. The fourth-order valence-corrected chi connectivity index (χ4v) is 6.56. The van der Waals surface area contributed by atoms with Crippen LogP contribution in [0.3, 0.4) is 0 Å². The normalized spacial score (nSPS) is 20.9. The molecular formula is C32H33Cl2FN2O5. The van der Waals surface area contributed by atoms with Gasteiger partial charge in [-0.05, 0) is 86.3 Å². The van der Waals surface area contributed by atoms with Gasteiger partial charge < -0.3 is 19.8 Å². The van der Waals surface area contributed by atoms with Crippen LogP contribution in [-0.2, 0) is 27.4 Å². The summed E-state index contributed by atoms with van der Waals surface area (Å²) in [7, 11) is 1.44. The van der Waals surface area contributed by atoms with Crippen molar-refractivity contribution in [2.24, 2.45) is 5.92 Å². The molecule has 3 aromatic rings. The van der Waals surface area contributed by atoms with E-state index in [9.17, 15) is 14.7 Å². The molecule has 0 aromatic heterocycles. The van der Waals surface area contributed by atoms with E-state index in [1.807, 2.05) is 0 Å². The van der Waals surface area contributed by atoms with E-state index in [1.165, 1.54) is 18.1 Å². The van der Waals surface area contributed by atoms with Crippen molar-refractivity contribution in [3.8, 4) is 0 Å². The third kappa shape index (κ3) is 5.54. The first-order valence-electron chi connectivity index (χ1n) is 13.9. The summed E-state index contributed by atoms with van der Waals surface area (Å²) in [5.74, 6) is -2.15. The number of aliphatic carboxylic acids is 1. The SMILES string of the molecule is CO[C@]1(c2ccc(Cl)cc2)c2c(F)cc([C@@](C)(O)C3CCN(CCC(=O)O)CC3)cc2C(=O)N1Cc1ccc(Cl)cc1. The van der Waals surface area contributed by atoms with Crippen LogP contribution >= 0.6 is 23.2 Å². The minimum atomic E-state index is -1.58. The van der Waals surface area contributed by atoms with E-state index < -0.39 is 29.0 Å². The number of carboxylic acid groups (broad SMARTS) is 1. The number of aliphatic hydroxyl groups is 1. The molecule has 0 spiro atoms. The third-order valence-electron chi connectivity index (χ3n) is 8.68. The molecule has 10 heteroatoms. The number of nitrogens with zero attached hydrogens (tertiary/aromatic N) is 2. The van der Waals surface area contributed by atoms with Crippen molar-refractivity contribution in [2.45, 2.75) is 44.1 Å². The van der Waals surface area contributed by atoms with Crippen LogP contribution in [0.1, 0.15) is 58.8 Å². The van der Waals surface area contributed by atoms with Gasteiger partial charge in [0.2, 0.25) is 0 Å². The van der Waals surface area contributed by atoms with E-state index in [0.29, 0.717) is 53.6 Å². The van der Waals surface area contributed by atoms with Gasteiger partial charge in [-0.3, -0.25) is 14.5 Å². The largest absolute Gasteiger partial charge is 0.481 e. The molecule has 2 aliphatic rings. The first-order valence-corrected chi connectivity index (χ1v) is 14.6. The van der Waals surface area contributed by atoms with Gasteiger partial charge in [-0.25, -0.2) is 4.39 Å². The van der Waals surface area contributed by atoms with Crippen LogP contribution in [0.2, 0.25) is 10.0 Å². The molecule has 3 aromatic carbocycles. The van der Waals surface area contributed by atoms with Crippen LogP contribution in [0.5, 0.6) is 0 Å². The molecule has 7 nitrogen and oxygen atoms in total. The van der Waals surface area contributed by atoms with Gasteiger partial charge in [-0.2, -0.15) is 0 Å². The number of likely N-dealkylation sites (tertiary alicyclic amines) is 1. The molecule has 1 saturated heterocycles. The summed E-state index contributed by atoms with van der Waals surface area (Å²) in [5.41, 5.74) is -1.19. The topological polar surface area (TPSA) is 90.3 Å². The predicted molar refractivity (Wildman–Crippen MR) is 158 cm³/mol. The summed E-state index contributed by atoms with van der Waals surface area (Å²) in [6.45, 7) is 3.46. The fraction of sp³-hybridized carbons (Fsp3) is 0.375. The molecule has 2 heterocycles. The van der Waals surface area contributed by atoms with E-state index in [1.54, 1.807) is 61.5 Å². The number of carboxylic acids is 1. The number of fused-ring (bicyclic) bond motifs is 1. The summed E-state index contributed by atoms with van der Waals surface area (Å²) in [6.07, 6.45) is 1.27. The maximum Gasteiger partial charge on any atom is 0.304 e. The minimum Gasteiger partial charge on any atom is -0.481 e. The molecule has 2 aliphatic heterocycles. The number of ether oxygens (including phenoxy) is 1. The average Bonchev–Trinajstić information content (AvgIpc) is 3.22. The van der Waals surface area contributed by atoms with Crippen LogP contribution in [0, 0.1) is 11.7 Å². The van der Waals surface area contributed by atoms with Crippen LogP contribution in [0.4, 0.5) is 4.39 Å². The molecule has 222 valence electrons. The molecule has 1 fully saturated rings. The Balaban J connectivity index is 1.54. The second kappa shape index (κ2) is 11.9. The molecule has 1 amide bonds. The number of benzene rings is 3. The number of piperidine rings is 1. The fourth-order valence-electron chi connectivity index (χ4n) is 6.31. The highest BCUT2D eigenvalue weighted by Crippen LogP contribution is 2.49. The Morgan fingerprint density at radius 2 is 1.67 bits per heavy atom. The summed E-state index contributed by atoms with van der Waals surface area (Å²) in [5, 5.41) is 21.8. The van der Waals surface area contributed by atoms with Crippen molar-refractivity contribution in [1.29, 1.82) is 0 Å². The van der Waals surface area contributed by atoms with Crippen molar-refractivity contribution < 1.29 is 28.9 Å². The molecule has 5 rings (SSSR count). The van der Waals surface area contributed by atoms with Gasteiger partial charge in [0, 0.05) is 35.8 Å². The number of carbonyl (C=O) groups excluding carboxylic acids is 1. The Morgan fingerprint density at radius 3 is 2.24 bits per heavy atom. The smallest absolute Gasteiger partial charge is 0.304 e.